The molecule has 1 saturated heterocycles. The lowest BCUT2D eigenvalue weighted by molar-refractivity contribution is -0.117. The number of nitrogens with zero attached hydrogens (tertiary/aromatic N) is 2. The maximum absolute atomic E-state index is 13.3. The standard InChI is InChI=1S/C28H31N3O2/c1-3-26(23-13-8-5-9-14-23)27(32)29-24-15-17-25(18-16-24)31-20-10-19-30(28(31)33)21(2)22-11-6-4-7-12-22/h4-9,11-18,21,26H,3,10,19-20H2,1-2H3,(H,29,32)/t21-,26+/m1/s1. The molecule has 1 heterocycles. The second kappa shape index (κ2) is 10.3. The minimum absolute atomic E-state index is 0.0176. The smallest absolute Gasteiger partial charge is 0.324 e. The number of hydrogen-bond acceptors (Lipinski definition) is 2. The first-order valence-corrected chi connectivity index (χ1v) is 11.7. The van der Waals surface area contributed by atoms with Gasteiger partial charge in [-0.2, -0.15) is 0 Å². The van der Waals surface area contributed by atoms with Gasteiger partial charge in [-0.05, 0) is 55.2 Å². The summed E-state index contributed by atoms with van der Waals surface area (Å²) in [6.07, 6.45) is 1.64. The van der Waals surface area contributed by atoms with Crippen LogP contribution in [0, 0.1) is 0 Å². The molecule has 3 aromatic rings. The van der Waals surface area contributed by atoms with Gasteiger partial charge in [0.05, 0.1) is 12.0 Å². The molecule has 1 N–H and O–H groups in total. The first-order valence-electron chi connectivity index (χ1n) is 11.7. The quantitative estimate of drug-likeness (QED) is 0.474. The van der Waals surface area contributed by atoms with E-state index in [0.717, 1.165) is 41.9 Å². The van der Waals surface area contributed by atoms with Gasteiger partial charge in [-0.25, -0.2) is 4.79 Å². The molecular weight excluding hydrogens is 410 g/mol. The number of nitrogens with one attached hydrogen (secondary N) is 1. The van der Waals surface area contributed by atoms with Gasteiger partial charge in [0.25, 0.3) is 0 Å². The molecule has 1 fully saturated rings. The molecule has 4 rings (SSSR count). The third kappa shape index (κ3) is 5.08. The van der Waals surface area contributed by atoms with E-state index in [4.69, 9.17) is 0 Å². The zero-order valence-electron chi connectivity index (χ0n) is 19.3. The van der Waals surface area contributed by atoms with Crippen LogP contribution in [-0.2, 0) is 4.79 Å². The summed E-state index contributed by atoms with van der Waals surface area (Å²) in [6, 6.07) is 27.6. The molecule has 5 nitrogen and oxygen atoms in total. The molecule has 33 heavy (non-hydrogen) atoms. The fraction of sp³-hybridized carbons (Fsp3) is 0.286. The number of amides is 3. The zero-order chi connectivity index (χ0) is 23.2. The Kier molecular flexibility index (Phi) is 7.08. The average molecular weight is 442 g/mol. The molecule has 3 amide bonds. The van der Waals surface area contributed by atoms with Gasteiger partial charge in [0, 0.05) is 24.5 Å². The first kappa shape index (κ1) is 22.6. The molecule has 0 aliphatic carbocycles. The van der Waals surface area contributed by atoms with E-state index in [0.29, 0.717) is 6.54 Å². The highest BCUT2D eigenvalue weighted by Crippen LogP contribution is 2.28. The van der Waals surface area contributed by atoms with E-state index in [9.17, 15) is 9.59 Å². The molecule has 3 aromatic carbocycles. The van der Waals surface area contributed by atoms with Crippen LogP contribution in [0.5, 0.6) is 0 Å². The van der Waals surface area contributed by atoms with E-state index >= 15 is 0 Å². The van der Waals surface area contributed by atoms with E-state index in [-0.39, 0.29) is 23.9 Å². The van der Waals surface area contributed by atoms with Gasteiger partial charge in [0.1, 0.15) is 0 Å². The Morgan fingerprint density at radius 3 is 2.09 bits per heavy atom. The first-order chi connectivity index (χ1) is 16.1. The van der Waals surface area contributed by atoms with Crippen molar-refractivity contribution in [1.29, 1.82) is 0 Å². The lowest BCUT2D eigenvalue weighted by Gasteiger charge is -2.39. The summed E-state index contributed by atoms with van der Waals surface area (Å²) in [5, 5.41) is 3.03. The molecule has 170 valence electrons. The predicted octanol–water partition coefficient (Wildman–Crippen LogP) is 6.21. The summed E-state index contributed by atoms with van der Waals surface area (Å²) in [5.74, 6) is -0.212. The van der Waals surface area contributed by atoms with Crippen LogP contribution in [0.2, 0.25) is 0 Å². The summed E-state index contributed by atoms with van der Waals surface area (Å²) < 4.78 is 0. The Morgan fingerprint density at radius 2 is 1.48 bits per heavy atom. The van der Waals surface area contributed by atoms with Gasteiger partial charge in [0.2, 0.25) is 5.91 Å². The second-order valence-corrected chi connectivity index (χ2v) is 8.48. The van der Waals surface area contributed by atoms with Gasteiger partial charge in [-0.1, -0.05) is 67.6 Å². The van der Waals surface area contributed by atoms with Crippen molar-refractivity contribution >= 4 is 23.3 Å². The van der Waals surface area contributed by atoms with Gasteiger partial charge in [-0.15, -0.1) is 0 Å². The lowest BCUT2D eigenvalue weighted by atomic mass is 9.95. The van der Waals surface area contributed by atoms with E-state index in [1.807, 2.05) is 89.5 Å². The Labute approximate surface area is 196 Å². The van der Waals surface area contributed by atoms with Crippen molar-refractivity contribution in [2.45, 2.75) is 38.6 Å². The summed E-state index contributed by atoms with van der Waals surface area (Å²) >= 11 is 0. The van der Waals surface area contributed by atoms with Crippen molar-refractivity contribution in [1.82, 2.24) is 4.90 Å². The van der Waals surface area contributed by atoms with E-state index in [1.165, 1.54) is 0 Å². The van der Waals surface area contributed by atoms with Crippen molar-refractivity contribution in [3.63, 3.8) is 0 Å². The molecule has 1 aliphatic rings. The number of benzene rings is 3. The van der Waals surface area contributed by atoms with Crippen LogP contribution >= 0.6 is 0 Å². The second-order valence-electron chi connectivity index (χ2n) is 8.48. The number of anilines is 2. The Morgan fingerprint density at radius 1 is 0.879 bits per heavy atom. The van der Waals surface area contributed by atoms with E-state index in [1.54, 1.807) is 0 Å². The average Bonchev–Trinajstić information content (AvgIpc) is 2.86. The summed E-state index contributed by atoms with van der Waals surface area (Å²) in [4.78, 5) is 29.9. The fourth-order valence-corrected chi connectivity index (χ4v) is 4.47. The van der Waals surface area contributed by atoms with Crippen molar-refractivity contribution in [2.24, 2.45) is 0 Å². The zero-order valence-corrected chi connectivity index (χ0v) is 19.3. The third-order valence-corrected chi connectivity index (χ3v) is 6.38. The fourth-order valence-electron chi connectivity index (χ4n) is 4.47. The molecule has 1 aliphatic heterocycles. The number of urea groups is 1. The third-order valence-electron chi connectivity index (χ3n) is 6.38. The summed E-state index contributed by atoms with van der Waals surface area (Å²) in [6.45, 7) is 5.53. The predicted molar refractivity (Wildman–Crippen MR) is 133 cm³/mol. The lowest BCUT2D eigenvalue weighted by Crippen LogP contribution is -2.50. The molecule has 0 saturated carbocycles. The topological polar surface area (TPSA) is 52.7 Å². The van der Waals surface area contributed by atoms with Gasteiger partial charge >= 0.3 is 6.03 Å². The van der Waals surface area contributed by atoms with Crippen LogP contribution in [0.1, 0.15) is 49.8 Å². The molecule has 0 unspecified atom stereocenters. The van der Waals surface area contributed by atoms with Crippen molar-refractivity contribution in [3.8, 4) is 0 Å². The highest BCUT2D eigenvalue weighted by atomic mass is 16.2. The number of carbonyl (C=O) groups excluding carboxylic acids is 2. The summed E-state index contributed by atoms with van der Waals surface area (Å²) in [7, 11) is 0. The number of carbonyl (C=O) groups is 2. The minimum atomic E-state index is -0.192. The Bertz CT molecular complexity index is 1070. The van der Waals surface area contributed by atoms with Gasteiger partial charge < -0.3 is 10.2 Å². The van der Waals surface area contributed by atoms with Gasteiger partial charge in [0.15, 0.2) is 0 Å². The van der Waals surface area contributed by atoms with Crippen LogP contribution in [0.4, 0.5) is 16.2 Å². The van der Waals surface area contributed by atoms with E-state index in [2.05, 4.69) is 24.4 Å². The number of hydrogen-bond donors (Lipinski definition) is 1. The normalized spacial score (nSPS) is 15.8. The molecule has 0 radical (unpaired) electrons. The highest BCUT2D eigenvalue weighted by molar-refractivity contribution is 5.97. The molecule has 2 atom stereocenters. The molecule has 0 aromatic heterocycles. The van der Waals surface area contributed by atoms with Crippen LogP contribution in [0.3, 0.4) is 0 Å². The largest absolute Gasteiger partial charge is 0.326 e. The van der Waals surface area contributed by atoms with Crippen LogP contribution < -0.4 is 10.2 Å². The molecule has 0 bridgehead atoms. The summed E-state index contributed by atoms with van der Waals surface area (Å²) in [5.41, 5.74) is 3.73. The monoisotopic (exact) mass is 441 g/mol. The van der Waals surface area contributed by atoms with Crippen molar-refractivity contribution in [3.05, 3.63) is 96.1 Å². The van der Waals surface area contributed by atoms with Gasteiger partial charge in [-0.3, -0.25) is 9.69 Å². The van der Waals surface area contributed by atoms with Crippen molar-refractivity contribution < 1.29 is 9.59 Å². The molecular formula is C28H31N3O2. The minimum Gasteiger partial charge on any atom is -0.326 e. The van der Waals surface area contributed by atoms with Crippen molar-refractivity contribution in [2.75, 3.05) is 23.3 Å². The van der Waals surface area contributed by atoms with E-state index < -0.39 is 0 Å². The van der Waals surface area contributed by atoms with Crippen LogP contribution in [0.25, 0.3) is 0 Å². The maximum Gasteiger partial charge on any atom is 0.324 e. The SMILES string of the molecule is CC[C@H](C(=O)Nc1ccc(N2CCCN([C@H](C)c3ccccc3)C2=O)cc1)c1ccccc1. The maximum atomic E-state index is 13.3. The molecule has 0 spiro atoms. The van der Waals surface area contributed by atoms with Crippen LogP contribution in [0.15, 0.2) is 84.9 Å². The Hall–Kier alpha value is -3.60. The highest BCUT2D eigenvalue weighted by Gasteiger charge is 2.30. The number of rotatable bonds is 7. The van der Waals surface area contributed by atoms with Crippen LogP contribution in [-0.4, -0.2) is 29.9 Å². The Balaban J connectivity index is 1.44. The molecule has 5 heteroatoms.